The standard InChI is InChI=1S/C20H23NO/c22-20(17-7-3-1-4-8-17,18-9-5-2-6-10-18)19-15-16-11-13-21(19)14-12-16/h1-10,16,19,22H,11-15H2/t19-/m1/s1. The quantitative estimate of drug-likeness (QED) is 0.937. The second-order valence-electron chi connectivity index (χ2n) is 6.73. The van der Waals surface area contributed by atoms with E-state index in [9.17, 15) is 5.11 Å². The highest BCUT2D eigenvalue weighted by Crippen LogP contribution is 2.44. The maximum atomic E-state index is 11.9. The number of rotatable bonds is 3. The molecular formula is C20H23NO. The van der Waals surface area contributed by atoms with E-state index in [-0.39, 0.29) is 6.04 Å². The van der Waals surface area contributed by atoms with Crippen LogP contribution in [0.25, 0.3) is 0 Å². The maximum Gasteiger partial charge on any atom is 0.130 e. The summed E-state index contributed by atoms with van der Waals surface area (Å²) in [6.07, 6.45) is 3.67. The molecule has 3 fully saturated rings. The summed E-state index contributed by atoms with van der Waals surface area (Å²) in [5.41, 5.74) is 1.11. The molecule has 0 unspecified atom stereocenters. The lowest BCUT2D eigenvalue weighted by atomic mass is 9.71. The summed E-state index contributed by atoms with van der Waals surface area (Å²) < 4.78 is 0. The zero-order valence-electron chi connectivity index (χ0n) is 12.9. The van der Waals surface area contributed by atoms with Crippen LogP contribution in [0.2, 0.25) is 0 Å². The van der Waals surface area contributed by atoms with Gasteiger partial charge in [-0.3, -0.25) is 4.90 Å². The van der Waals surface area contributed by atoms with Crippen molar-refractivity contribution < 1.29 is 5.11 Å². The minimum absolute atomic E-state index is 0.185. The predicted molar refractivity (Wildman–Crippen MR) is 88.6 cm³/mol. The number of nitrogens with zero attached hydrogens (tertiary/aromatic N) is 1. The Morgan fingerprint density at radius 2 is 1.32 bits per heavy atom. The number of piperidine rings is 3. The number of benzene rings is 2. The van der Waals surface area contributed by atoms with E-state index in [0.29, 0.717) is 0 Å². The molecule has 0 aliphatic carbocycles. The molecule has 1 N–H and O–H groups in total. The van der Waals surface area contributed by atoms with Gasteiger partial charge >= 0.3 is 0 Å². The molecule has 2 heteroatoms. The van der Waals surface area contributed by atoms with E-state index in [1.807, 2.05) is 36.4 Å². The molecule has 3 aliphatic heterocycles. The Morgan fingerprint density at radius 3 is 1.73 bits per heavy atom. The summed E-state index contributed by atoms with van der Waals surface area (Å²) in [6.45, 7) is 2.24. The maximum absolute atomic E-state index is 11.9. The third-order valence-corrected chi connectivity index (χ3v) is 5.56. The van der Waals surface area contributed by atoms with Gasteiger partial charge in [0.25, 0.3) is 0 Å². The highest BCUT2D eigenvalue weighted by atomic mass is 16.3. The molecule has 1 atom stereocenters. The van der Waals surface area contributed by atoms with Crippen LogP contribution in [0.5, 0.6) is 0 Å². The molecule has 114 valence electrons. The number of hydrogen-bond acceptors (Lipinski definition) is 2. The molecule has 2 aromatic rings. The molecule has 0 saturated carbocycles. The second kappa shape index (κ2) is 5.53. The minimum atomic E-state index is -0.915. The van der Waals surface area contributed by atoms with E-state index < -0.39 is 5.60 Å². The van der Waals surface area contributed by atoms with Gasteiger partial charge in [0.2, 0.25) is 0 Å². The average molecular weight is 293 g/mol. The van der Waals surface area contributed by atoms with Crippen molar-refractivity contribution in [2.24, 2.45) is 5.92 Å². The lowest BCUT2D eigenvalue weighted by Gasteiger charge is -2.52. The van der Waals surface area contributed by atoms with Gasteiger partial charge in [-0.05, 0) is 49.4 Å². The Labute approximate surface area is 132 Å². The lowest BCUT2D eigenvalue weighted by molar-refractivity contribution is -0.0746. The fraction of sp³-hybridized carbons (Fsp3) is 0.400. The Hall–Kier alpha value is -1.64. The van der Waals surface area contributed by atoms with Gasteiger partial charge in [0.15, 0.2) is 0 Å². The fourth-order valence-electron chi connectivity index (χ4n) is 4.34. The van der Waals surface area contributed by atoms with Crippen molar-refractivity contribution in [1.29, 1.82) is 0 Å². The summed E-state index contributed by atoms with van der Waals surface area (Å²) in [6, 6.07) is 20.6. The van der Waals surface area contributed by atoms with Gasteiger partial charge in [0.05, 0.1) is 0 Å². The van der Waals surface area contributed by atoms with Crippen LogP contribution in [0, 0.1) is 5.92 Å². The molecule has 0 spiro atoms. The third-order valence-electron chi connectivity index (χ3n) is 5.56. The van der Waals surface area contributed by atoms with E-state index in [0.717, 1.165) is 36.6 Å². The first-order chi connectivity index (χ1) is 10.8. The predicted octanol–water partition coefficient (Wildman–Crippen LogP) is 3.41. The smallest absolute Gasteiger partial charge is 0.130 e. The van der Waals surface area contributed by atoms with Gasteiger partial charge in [-0.2, -0.15) is 0 Å². The number of hydrogen-bond donors (Lipinski definition) is 1. The van der Waals surface area contributed by atoms with Gasteiger partial charge in [0, 0.05) is 6.04 Å². The molecule has 5 rings (SSSR count). The monoisotopic (exact) mass is 293 g/mol. The third kappa shape index (κ3) is 2.18. The van der Waals surface area contributed by atoms with Crippen LogP contribution in [0.1, 0.15) is 30.4 Å². The average Bonchev–Trinajstić information content (AvgIpc) is 2.63. The van der Waals surface area contributed by atoms with Crippen LogP contribution >= 0.6 is 0 Å². The Balaban J connectivity index is 1.82. The second-order valence-corrected chi connectivity index (χ2v) is 6.73. The van der Waals surface area contributed by atoms with Gasteiger partial charge in [-0.15, -0.1) is 0 Å². The molecule has 0 radical (unpaired) electrons. The Morgan fingerprint density at radius 1 is 0.818 bits per heavy atom. The van der Waals surface area contributed by atoms with Gasteiger partial charge in [0.1, 0.15) is 5.60 Å². The highest BCUT2D eigenvalue weighted by Gasteiger charge is 2.47. The zero-order valence-corrected chi connectivity index (χ0v) is 12.9. The van der Waals surface area contributed by atoms with Crippen molar-refractivity contribution in [3.05, 3.63) is 71.8 Å². The first kappa shape index (κ1) is 14.0. The van der Waals surface area contributed by atoms with Crippen LogP contribution < -0.4 is 0 Å². The van der Waals surface area contributed by atoms with Crippen molar-refractivity contribution in [1.82, 2.24) is 4.90 Å². The molecule has 2 bridgehead atoms. The highest BCUT2D eigenvalue weighted by molar-refractivity contribution is 5.38. The SMILES string of the molecule is OC(c1ccccc1)(c1ccccc1)[C@H]1CC2CCN1CC2. The van der Waals surface area contributed by atoms with E-state index in [2.05, 4.69) is 29.2 Å². The number of aliphatic hydroxyl groups is 1. The molecule has 3 saturated heterocycles. The van der Waals surface area contributed by atoms with Crippen LogP contribution in [0.4, 0.5) is 0 Å². The molecule has 22 heavy (non-hydrogen) atoms. The van der Waals surface area contributed by atoms with Crippen molar-refractivity contribution in [3.8, 4) is 0 Å². The largest absolute Gasteiger partial charge is 0.379 e. The first-order valence-corrected chi connectivity index (χ1v) is 8.36. The van der Waals surface area contributed by atoms with Crippen LogP contribution in [0.15, 0.2) is 60.7 Å². The van der Waals surface area contributed by atoms with Gasteiger partial charge in [-0.1, -0.05) is 60.7 Å². The summed E-state index contributed by atoms with van der Waals surface area (Å²) in [5, 5.41) is 11.9. The summed E-state index contributed by atoms with van der Waals surface area (Å²) in [5.74, 6) is 0.772. The fourth-order valence-corrected chi connectivity index (χ4v) is 4.34. The van der Waals surface area contributed by atoms with Gasteiger partial charge in [-0.25, -0.2) is 0 Å². The first-order valence-electron chi connectivity index (χ1n) is 8.36. The van der Waals surface area contributed by atoms with Crippen LogP contribution in [-0.2, 0) is 5.60 Å². The number of fused-ring (bicyclic) bond motifs is 3. The normalized spacial score (nSPS) is 27.8. The van der Waals surface area contributed by atoms with Crippen molar-refractivity contribution >= 4 is 0 Å². The molecular weight excluding hydrogens is 270 g/mol. The summed E-state index contributed by atoms with van der Waals surface area (Å²) >= 11 is 0. The molecule has 3 heterocycles. The van der Waals surface area contributed by atoms with E-state index in [4.69, 9.17) is 0 Å². The van der Waals surface area contributed by atoms with E-state index >= 15 is 0 Å². The van der Waals surface area contributed by atoms with Crippen LogP contribution in [0.3, 0.4) is 0 Å². The summed E-state index contributed by atoms with van der Waals surface area (Å²) in [4.78, 5) is 2.50. The molecule has 0 aromatic heterocycles. The van der Waals surface area contributed by atoms with Gasteiger partial charge < -0.3 is 5.11 Å². The van der Waals surface area contributed by atoms with Crippen LogP contribution in [-0.4, -0.2) is 29.1 Å². The minimum Gasteiger partial charge on any atom is -0.379 e. The topological polar surface area (TPSA) is 23.5 Å². The van der Waals surface area contributed by atoms with Crippen molar-refractivity contribution in [3.63, 3.8) is 0 Å². The molecule has 3 aliphatic rings. The Kier molecular flexibility index (Phi) is 3.51. The summed E-state index contributed by atoms with van der Waals surface area (Å²) in [7, 11) is 0. The molecule has 0 amide bonds. The van der Waals surface area contributed by atoms with Crippen molar-refractivity contribution in [2.75, 3.05) is 13.1 Å². The molecule has 2 nitrogen and oxygen atoms in total. The molecule has 2 aromatic carbocycles. The van der Waals surface area contributed by atoms with E-state index in [1.54, 1.807) is 0 Å². The lowest BCUT2D eigenvalue weighted by Crippen LogP contribution is -2.58. The Bertz CT molecular complexity index is 577. The van der Waals surface area contributed by atoms with E-state index in [1.165, 1.54) is 12.8 Å². The zero-order chi connectivity index (χ0) is 15.0. The van der Waals surface area contributed by atoms with Crippen molar-refractivity contribution in [2.45, 2.75) is 30.9 Å².